The normalized spacial score (nSPS) is 7.50. The van der Waals surface area contributed by atoms with Crippen molar-refractivity contribution in [3.05, 3.63) is 11.2 Å². The SMILES string of the molecule is Cl.O=Nn1cnnn1. The third kappa shape index (κ3) is 1.23. The van der Waals surface area contributed by atoms with Crippen LogP contribution >= 0.6 is 12.4 Å². The van der Waals surface area contributed by atoms with Gasteiger partial charge in [-0.3, -0.25) is 0 Å². The maximum atomic E-state index is 9.44. The van der Waals surface area contributed by atoms with Gasteiger partial charge in [0.15, 0.2) is 6.33 Å². The molecule has 44 valence electrons. The molecule has 0 saturated carbocycles. The Bertz CT molecular complexity index is 147. The van der Waals surface area contributed by atoms with Crippen LogP contribution in [0.2, 0.25) is 0 Å². The van der Waals surface area contributed by atoms with Crippen LogP contribution in [0.25, 0.3) is 0 Å². The number of nitroso groups, excluding NO2 is 1. The summed E-state index contributed by atoms with van der Waals surface area (Å²) in [5.41, 5.74) is 0. The molecule has 1 heterocycles. The summed E-state index contributed by atoms with van der Waals surface area (Å²) < 4.78 is 0. The zero-order valence-electron chi connectivity index (χ0n) is 3.63. The molecule has 1 rings (SSSR count). The van der Waals surface area contributed by atoms with Crippen molar-refractivity contribution in [1.29, 1.82) is 0 Å². The molecule has 1 aromatic rings. The van der Waals surface area contributed by atoms with Gasteiger partial charge in [-0.15, -0.1) is 22.4 Å². The van der Waals surface area contributed by atoms with Crippen molar-refractivity contribution in [2.75, 3.05) is 0 Å². The van der Waals surface area contributed by atoms with Crippen LogP contribution in [0.5, 0.6) is 0 Å². The van der Waals surface area contributed by atoms with Crippen molar-refractivity contribution in [3.63, 3.8) is 0 Å². The van der Waals surface area contributed by atoms with E-state index in [2.05, 4.69) is 20.8 Å². The molecule has 0 saturated heterocycles. The summed E-state index contributed by atoms with van der Waals surface area (Å²) in [7, 11) is 0. The van der Waals surface area contributed by atoms with Crippen LogP contribution in [-0.4, -0.2) is 20.3 Å². The lowest BCUT2D eigenvalue weighted by atomic mass is 11.4. The molecule has 0 fully saturated rings. The first-order chi connectivity index (χ1) is 3.43. The van der Waals surface area contributed by atoms with E-state index in [-0.39, 0.29) is 12.4 Å². The zero-order valence-corrected chi connectivity index (χ0v) is 4.45. The Labute approximate surface area is 50.2 Å². The third-order valence-corrected chi connectivity index (χ3v) is 0.422. The molecule has 0 N–H and O–H groups in total. The minimum absolute atomic E-state index is 0. The Morgan fingerprint density at radius 3 is 2.62 bits per heavy atom. The fraction of sp³-hybridized carbons (Fsp3) is 0. The minimum atomic E-state index is 0. The van der Waals surface area contributed by atoms with Crippen LogP contribution in [0.1, 0.15) is 0 Å². The number of tetrazole rings is 1. The van der Waals surface area contributed by atoms with E-state index >= 15 is 0 Å². The summed E-state index contributed by atoms with van der Waals surface area (Å²) in [5, 5.41) is 11.7. The summed E-state index contributed by atoms with van der Waals surface area (Å²) in [6.07, 6.45) is 1.10. The average molecular weight is 136 g/mol. The quantitative estimate of drug-likeness (QED) is 0.492. The second kappa shape index (κ2) is 3.03. The Kier molecular flexibility index (Phi) is 2.63. The molecular formula is CH2ClN5O. The van der Waals surface area contributed by atoms with Gasteiger partial charge in [-0.05, 0) is 10.4 Å². The first-order valence-electron chi connectivity index (χ1n) is 1.50. The van der Waals surface area contributed by atoms with Gasteiger partial charge in [-0.25, -0.2) is 0 Å². The highest BCUT2D eigenvalue weighted by Gasteiger charge is 1.81. The molecule has 0 spiro atoms. The fourth-order valence-corrected chi connectivity index (χ4v) is 0.194. The van der Waals surface area contributed by atoms with Crippen LogP contribution in [0.15, 0.2) is 11.6 Å². The smallest absolute Gasteiger partial charge is 0.147 e. The summed E-state index contributed by atoms with van der Waals surface area (Å²) >= 11 is 0. The molecule has 0 atom stereocenters. The number of nitrogens with zero attached hydrogens (tertiary/aromatic N) is 5. The molecule has 0 aromatic carbocycles. The van der Waals surface area contributed by atoms with Gasteiger partial charge in [-0.1, -0.05) is 4.79 Å². The molecule has 0 radical (unpaired) electrons. The lowest BCUT2D eigenvalue weighted by Gasteiger charge is -1.68. The molecule has 0 unspecified atom stereocenters. The Balaban J connectivity index is 0.000000490. The second-order valence-electron chi connectivity index (χ2n) is 0.812. The lowest BCUT2D eigenvalue weighted by Crippen LogP contribution is -1.84. The number of aromatic nitrogens is 4. The first kappa shape index (κ1) is 6.96. The molecule has 6 nitrogen and oxygen atoms in total. The summed E-state index contributed by atoms with van der Waals surface area (Å²) in [6.45, 7) is 0. The van der Waals surface area contributed by atoms with Gasteiger partial charge in [0.05, 0.1) is 5.29 Å². The van der Waals surface area contributed by atoms with Gasteiger partial charge in [-0.2, -0.15) is 0 Å². The second-order valence-corrected chi connectivity index (χ2v) is 0.812. The number of hydrogen-bond acceptors (Lipinski definition) is 5. The number of hydrogen-bond donors (Lipinski definition) is 0. The highest BCUT2D eigenvalue weighted by Crippen LogP contribution is 1.68. The van der Waals surface area contributed by atoms with Crippen LogP contribution in [-0.2, 0) is 0 Å². The van der Waals surface area contributed by atoms with Crippen molar-refractivity contribution in [1.82, 2.24) is 20.3 Å². The standard InChI is InChI=1S/CHN5O.ClH/c7-5-6-1-2-3-4-6;/h1H;1H. The fourth-order valence-electron chi connectivity index (χ4n) is 0.194. The van der Waals surface area contributed by atoms with Crippen molar-refractivity contribution in [2.45, 2.75) is 0 Å². The average Bonchev–Trinajstić information content (AvgIpc) is 2.14. The summed E-state index contributed by atoms with van der Waals surface area (Å²) in [6, 6.07) is 0. The van der Waals surface area contributed by atoms with Crippen LogP contribution < -0.4 is 0 Å². The van der Waals surface area contributed by atoms with E-state index in [0.717, 1.165) is 11.1 Å². The number of rotatable bonds is 1. The molecular weight excluding hydrogens is 133 g/mol. The van der Waals surface area contributed by atoms with Crippen LogP contribution in [0.3, 0.4) is 0 Å². The Hall–Kier alpha value is -1.04. The molecule has 1 aromatic heterocycles. The van der Waals surface area contributed by atoms with Crippen LogP contribution in [0, 0.1) is 4.91 Å². The number of halogens is 1. The van der Waals surface area contributed by atoms with E-state index < -0.39 is 0 Å². The molecule has 0 aliphatic rings. The first-order valence-corrected chi connectivity index (χ1v) is 1.50. The van der Waals surface area contributed by atoms with Crippen molar-refractivity contribution >= 4 is 12.4 Å². The van der Waals surface area contributed by atoms with Gasteiger partial charge < -0.3 is 0 Å². The lowest BCUT2D eigenvalue weighted by molar-refractivity contribution is 0.684. The molecule has 0 amide bonds. The molecule has 0 bridgehead atoms. The van der Waals surface area contributed by atoms with E-state index in [1.807, 2.05) is 0 Å². The van der Waals surface area contributed by atoms with E-state index in [4.69, 9.17) is 0 Å². The zero-order chi connectivity index (χ0) is 5.11. The van der Waals surface area contributed by atoms with Crippen molar-refractivity contribution in [3.8, 4) is 0 Å². The monoisotopic (exact) mass is 135 g/mol. The Morgan fingerprint density at radius 1 is 1.62 bits per heavy atom. The largest absolute Gasteiger partial charge is 0.167 e. The molecule has 0 aliphatic carbocycles. The predicted octanol–water partition coefficient (Wildman–Crippen LogP) is -0.376. The van der Waals surface area contributed by atoms with Crippen LogP contribution in [0.4, 0.5) is 0 Å². The van der Waals surface area contributed by atoms with Crippen molar-refractivity contribution < 1.29 is 0 Å². The van der Waals surface area contributed by atoms with E-state index in [1.54, 1.807) is 0 Å². The highest BCUT2D eigenvalue weighted by atomic mass is 35.5. The van der Waals surface area contributed by atoms with E-state index in [9.17, 15) is 4.91 Å². The molecule has 7 heteroatoms. The summed E-state index contributed by atoms with van der Waals surface area (Å²) in [5.74, 6) is 0. The highest BCUT2D eigenvalue weighted by molar-refractivity contribution is 5.85. The van der Waals surface area contributed by atoms with E-state index in [1.165, 1.54) is 0 Å². The summed E-state index contributed by atoms with van der Waals surface area (Å²) in [4.78, 5) is 10.2. The maximum Gasteiger partial charge on any atom is 0.167 e. The maximum absolute atomic E-state index is 9.44. The van der Waals surface area contributed by atoms with Gasteiger partial charge in [0.2, 0.25) is 0 Å². The van der Waals surface area contributed by atoms with Gasteiger partial charge >= 0.3 is 0 Å². The molecule has 0 aliphatic heterocycles. The van der Waals surface area contributed by atoms with E-state index in [0.29, 0.717) is 0 Å². The predicted molar refractivity (Wildman–Crippen MR) is 26.3 cm³/mol. The minimum Gasteiger partial charge on any atom is -0.147 e. The van der Waals surface area contributed by atoms with Crippen molar-refractivity contribution in [2.24, 2.45) is 5.29 Å². The topological polar surface area (TPSA) is 73.0 Å². The Morgan fingerprint density at radius 2 is 2.38 bits per heavy atom. The van der Waals surface area contributed by atoms with Gasteiger partial charge in [0.1, 0.15) is 0 Å². The van der Waals surface area contributed by atoms with Gasteiger partial charge in [0, 0.05) is 0 Å². The third-order valence-electron chi connectivity index (χ3n) is 0.422. The molecule has 8 heavy (non-hydrogen) atoms. The van der Waals surface area contributed by atoms with Gasteiger partial charge in [0.25, 0.3) is 0 Å².